The quantitative estimate of drug-likeness (QED) is 0.861. The molecule has 1 aliphatic carbocycles. The summed E-state index contributed by atoms with van der Waals surface area (Å²) >= 11 is 0. The largest absolute Gasteiger partial charge is 0.444 e. The van der Waals surface area contributed by atoms with Crippen LogP contribution < -0.4 is 5.32 Å². The molecule has 0 radical (unpaired) electrons. The van der Waals surface area contributed by atoms with Crippen molar-refractivity contribution in [2.24, 2.45) is 0 Å². The number of hydrogen-bond donors (Lipinski definition) is 2. The molecule has 1 aromatic heterocycles. The Morgan fingerprint density at radius 1 is 1.55 bits per heavy atom. The van der Waals surface area contributed by atoms with Crippen molar-refractivity contribution in [1.82, 2.24) is 20.3 Å². The average Bonchev–Trinajstić information content (AvgIpc) is 2.69. The molecule has 1 saturated carbocycles. The van der Waals surface area contributed by atoms with Crippen molar-refractivity contribution in [2.45, 2.75) is 57.7 Å². The van der Waals surface area contributed by atoms with E-state index in [1.165, 1.54) is 0 Å². The Bertz CT molecular complexity index is 460. The van der Waals surface area contributed by atoms with Crippen LogP contribution in [0.25, 0.3) is 0 Å². The minimum atomic E-state index is -0.474. The summed E-state index contributed by atoms with van der Waals surface area (Å²) < 4.78 is 7.01. The number of carbonyl (C=O) groups excluding carboxylic acids is 1. The highest BCUT2D eigenvalue weighted by atomic mass is 16.6. The van der Waals surface area contributed by atoms with E-state index in [9.17, 15) is 4.79 Å². The summed E-state index contributed by atoms with van der Waals surface area (Å²) in [5.74, 6) is 0. The van der Waals surface area contributed by atoms with Crippen molar-refractivity contribution in [1.29, 1.82) is 0 Å². The van der Waals surface area contributed by atoms with Gasteiger partial charge in [-0.3, -0.25) is 0 Å². The normalized spacial score (nSPS) is 22.2. The topological polar surface area (TPSA) is 89.3 Å². The lowest BCUT2D eigenvalue weighted by atomic mass is 9.87. The highest BCUT2D eigenvalue weighted by molar-refractivity contribution is 5.68. The zero-order valence-corrected chi connectivity index (χ0v) is 12.2. The molecule has 1 heterocycles. The number of amides is 1. The monoisotopic (exact) mass is 282 g/mol. The molecule has 0 unspecified atom stereocenters. The fourth-order valence-electron chi connectivity index (χ4n) is 2.12. The van der Waals surface area contributed by atoms with E-state index in [2.05, 4.69) is 15.6 Å². The highest BCUT2D eigenvalue weighted by Crippen LogP contribution is 2.31. The first-order valence-electron chi connectivity index (χ1n) is 6.88. The van der Waals surface area contributed by atoms with Gasteiger partial charge < -0.3 is 15.2 Å². The molecule has 0 bridgehead atoms. The van der Waals surface area contributed by atoms with Crippen LogP contribution in [0.4, 0.5) is 4.79 Å². The molecule has 2 N–H and O–H groups in total. The SMILES string of the molecule is CC(C)(C)OC(=O)NC1CC(n2cc(CCO)nn2)C1. The lowest BCUT2D eigenvalue weighted by molar-refractivity contribution is 0.0452. The standard InChI is InChI=1S/C13H22N4O3/c1-13(2,3)20-12(19)14-10-6-11(7-10)17-8-9(4-5-18)15-16-17/h8,10-11,18H,4-7H2,1-3H3,(H,14,19). The van der Waals surface area contributed by atoms with Crippen molar-refractivity contribution < 1.29 is 14.6 Å². The minimum Gasteiger partial charge on any atom is -0.444 e. The molecule has 7 nitrogen and oxygen atoms in total. The van der Waals surface area contributed by atoms with Crippen LogP contribution in [0.3, 0.4) is 0 Å². The average molecular weight is 282 g/mol. The van der Waals surface area contributed by atoms with E-state index in [-0.39, 0.29) is 24.8 Å². The summed E-state index contributed by atoms with van der Waals surface area (Å²) in [5.41, 5.74) is 0.314. The van der Waals surface area contributed by atoms with E-state index in [4.69, 9.17) is 9.84 Å². The van der Waals surface area contributed by atoms with Crippen molar-refractivity contribution in [3.05, 3.63) is 11.9 Å². The molecule has 1 aromatic rings. The van der Waals surface area contributed by atoms with Crippen LogP contribution >= 0.6 is 0 Å². The lowest BCUT2D eigenvalue weighted by Crippen LogP contribution is -2.46. The Morgan fingerprint density at radius 3 is 2.85 bits per heavy atom. The van der Waals surface area contributed by atoms with Gasteiger partial charge in [-0.15, -0.1) is 5.10 Å². The zero-order valence-electron chi connectivity index (χ0n) is 12.2. The van der Waals surface area contributed by atoms with Crippen LogP contribution in [0, 0.1) is 0 Å². The zero-order chi connectivity index (χ0) is 14.8. The van der Waals surface area contributed by atoms with Crippen LogP contribution in [0.5, 0.6) is 0 Å². The molecule has 2 rings (SSSR count). The Balaban J connectivity index is 1.75. The second kappa shape index (κ2) is 5.78. The Morgan fingerprint density at radius 2 is 2.25 bits per heavy atom. The van der Waals surface area contributed by atoms with E-state index in [1.54, 1.807) is 4.68 Å². The molecular weight excluding hydrogens is 260 g/mol. The Kier molecular flexibility index (Phi) is 4.27. The Labute approximate surface area is 118 Å². The number of rotatable bonds is 4. The molecule has 1 aliphatic rings. The first kappa shape index (κ1) is 14.8. The van der Waals surface area contributed by atoms with Crippen molar-refractivity contribution in [3.63, 3.8) is 0 Å². The van der Waals surface area contributed by atoms with Gasteiger partial charge in [-0.25, -0.2) is 9.48 Å². The summed E-state index contributed by atoms with van der Waals surface area (Å²) in [6.07, 6.45) is 3.64. The molecule has 20 heavy (non-hydrogen) atoms. The second-order valence-electron chi connectivity index (χ2n) is 6.13. The van der Waals surface area contributed by atoms with Gasteiger partial charge in [-0.1, -0.05) is 5.21 Å². The molecule has 0 aromatic carbocycles. The fourth-order valence-corrected chi connectivity index (χ4v) is 2.12. The molecule has 0 saturated heterocycles. The summed E-state index contributed by atoms with van der Waals surface area (Å²) in [6.45, 7) is 5.60. The third-order valence-corrected chi connectivity index (χ3v) is 3.13. The van der Waals surface area contributed by atoms with Gasteiger partial charge in [0.05, 0.1) is 11.7 Å². The van der Waals surface area contributed by atoms with Gasteiger partial charge in [0, 0.05) is 25.3 Å². The van der Waals surface area contributed by atoms with Crippen LogP contribution in [-0.4, -0.2) is 44.4 Å². The van der Waals surface area contributed by atoms with Gasteiger partial charge in [0.15, 0.2) is 0 Å². The predicted molar refractivity (Wildman–Crippen MR) is 72.2 cm³/mol. The number of hydrogen-bond acceptors (Lipinski definition) is 5. The van der Waals surface area contributed by atoms with Crippen molar-refractivity contribution >= 4 is 6.09 Å². The Hall–Kier alpha value is -1.63. The fraction of sp³-hybridized carbons (Fsp3) is 0.769. The maximum atomic E-state index is 11.6. The molecule has 7 heteroatoms. The predicted octanol–water partition coefficient (Wildman–Crippen LogP) is 1.04. The van der Waals surface area contributed by atoms with Gasteiger partial charge in [0.1, 0.15) is 5.60 Å². The number of alkyl carbamates (subject to hydrolysis) is 1. The van der Waals surface area contributed by atoms with Crippen LogP contribution in [0.2, 0.25) is 0 Å². The summed E-state index contributed by atoms with van der Waals surface area (Å²) in [4.78, 5) is 11.6. The first-order valence-corrected chi connectivity index (χ1v) is 6.88. The molecule has 112 valence electrons. The van der Waals surface area contributed by atoms with Crippen LogP contribution in [0.1, 0.15) is 45.3 Å². The molecule has 0 aliphatic heterocycles. The molecular formula is C13H22N4O3. The smallest absolute Gasteiger partial charge is 0.407 e. The van der Waals surface area contributed by atoms with Gasteiger partial charge in [0.2, 0.25) is 0 Å². The molecule has 0 atom stereocenters. The van der Waals surface area contributed by atoms with E-state index in [1.807, 2.05) is 27.0 Å². The van der Waals surface area contributed by atoms with Gasteiger partial charge in [-0.05, 0) is 33.6 Å². The van der Waals surface area contributed by atoms with E-state index in [0.717, 1.165) is 18.5 Å². The van der Waals surface area contributed by atoms with Crippen LogP contribution in [0.15, 0.2) is 6.20 Å². The number of aliphatic hydroxyl groups is 1. The third kappa shape index (κ3) is 3.93. The van der Waals surface area contributed by atoms with E-state index >= 15 is 0 Å². The highest BCUT2D eigenvalue weighted by Gasteiger charge is 2.33. The minimum absolute atomic E-state index is 0.0756. The van der Waals surface area contributed by atoms with Gasteiger partial charge in [-0.2, -0.15) is 0 Å². The molecule has 1 amide bonds. The number of nitrogens with one attached hydrogen (secondary N) is 1. The first-order chi connectivity index (χ1) is 9.37. The van der Waals surface area contributed by atoms with Gasteiger partial charge >= 0.3 is 6.09 Å². The summed E-state index contributed by atoms with van der Waals surface area (Å²) in [7, 11) is 0. The lowest BCUT2D eigenvalue weighted by Gasteiger charge is -2.35. The third-order valence-electron chi connectivity index (χ3n) is 3.13. The summed E-state index contributed by atoms with van der Waals surface area (Å²) in [6, 6.07) is 0.384. The second-order valence-corrected chi connectivity index (χ2v) is 6.13. The number of nitrogens with zero attached hydrogens (tertiary/aromatic N) is 3. The number of ether oxygens (including phenoxy) is 1. The van der Waals surface area contributed by atoms with Crippen molar-refractivity contribution in [3.8, 4) is 0 Å². The number of aromatic nitrogens is 3. The number of aliphatic hydroxyl groups excluding tert-OH is 1. The van der Waals surface area contributed by atoms with Gasteiger partial charge in [0.25, 0.3) is 0 Å². The maximum Gasteiger partial charge on any atom is 0.407 e. The number of carbonyl (C=O) groups is 1. The van der Waals surface area contributed by atoms with Crippen molar-refractivity contribution in [2.75, 3.05) is 6.61 Å². The van der Waals surface area contributed by atoms with Crippen LogP contribution in [-0.2, 0) is 11.2 Å². The van der Waals surface area contributed by atoms with E-state index < -0.39 is 5.60 Å². The molecule has 0 spiro atoms. The maximum absolute atomic E-state index is 11.6. The molecule has 1 fully saturated rings. The van der Waals surface area contributed by atoms with E-state index in [0.29, 0.717) is 6.42 Å². The summed E-state index contributed by atoms with van der Waals surface area (Å²) in [5, 5.41) is 19.7.